The van der Waals surface area contributed by atoms with Gasteiger partial charge in [-0.05, 0) is 88.3 Å². The largest absolute Gasteiger partial charge is 0.0772 e. The van der Waals surface area contributed by atoms with Gasteiger partial charge in [-0.15, -0.1) is 0 Å². The molecule has 0 nitrogen and oxygen atoms in total. The van der Waals surface area contributed by atoms with Gasteiger partial charge in [0.15, 0.2) is 0 Å². The lowest BCUT2D eigenvalue weighted by Crippen LogP contribution is -2.08. The van der Waals surface area contributed by atoms with Crippen molar-refractivity contribution in [3.05, 3.63) is 75.5 Å². The summed E-state index contributed by atoms with van der Waals surface area (Å²) in [4.78, 5) is 0. The molecule has 0 fully saturated rings. The average Bonchev–Trinajstić information content (AvgIpc) is 2.71. The minimum atomic E-state index is 1.02. The van der Waals surface area contributed by atoms with Gasteiger partial charge in [-0.1, -0.05) is 59.7 Å². The third-order valence-corrected chi connectivity index (χ3v) is 5.57. The smallest absolute Gasteiger partial charge is 0.00260 e. The van der Waals surface area contributed by atoms with Crippen LogP contribution in [0.4, 0.5) is 0 Å². The van der Waals surface area contributed by atoms with Gasteiger partial charge in [-0.3, -0.25) is 0 Å². The number of hydrogen-bond acceptors (Lipinski definition) is 0. The predicted molar refractivity (Wildman–Crippen MR) is 110 cm³/mol. The van der Waals surface area contributed by atoms with E-state index in [1.807, 2.05) is 0 Å². The molecule has 0 unspecified atom stereocenters. The molecule has 4 aromatic carbocycles. The third-order valence-electron chi connectivity index (χ3n) is 5.57. The molecule has 0 aromatic heterocycles. The highest BCUT2D eigenvalue weighted by atomic mass is 14.2. The second-order valence-electron chi connectivity index (χ2n) is 7.78. The van der Waals surface area contributed by atoms with Gasteiger partial charge in [0.1, 0.15) is 0 Å². The zero-order valence-corrected chi connectivity index (χ0v) is 15.3. The van der Waals surface area contributed by atoms with E-state index >= 15 is 0 Å². The molecule has 4 aromatic rings. The van der Waals surface area contributed by atoms with Crippen LogP contribution < -0.4 is 5.22 Å². The summed E-state index contributed by atoms with van der Waals surface area (Å²) in [6, 6.07) is 14.2. The molecule has 0 spiro atoms. The highest BCUT2D eigenvalue weighted by Crippen LogP contribution is 2.35. The summed E-state index contributed by atoms with van der Waals surface area (Å²) >= 11 is 0. The first-order valence-electron chi connectivity index (χ1n) is 9.09. The second kappa shape index (κ2) is 4.95. The van der Waals surface area contributed by atoms with Gasteiger partial charge in [-0.2, -0.15) is 0 Å². The van der Waals surface area contributed by atoms with Gasteiger partial charge in [0.05, 0.1) is 0 Å². The molecular formula is C25H22. The molecule has 0 saturated heterocycles. The molecule has 0 heterocycles. The van der Waals surface area contributed by atoms with E-state index in [9.17, 15) is 0 Å². The molecule has 0 saturated carbocycles. The molecule has 1 aliphatic carbocycles. The maximum atomic E-state index is 2.39. The highest BCUT2D eigenvalue weighted by molar-refractivity contribution is 6.22. The van der Waals surface area contributed by atoms with E-state index in [1.165, 1.54) is 65.4 Å². The molecule has 25 heavy (non-hydrogen) atoms. The highest BCUT2D eigenvalue weighted by Gasteiger charge is 2.15. The van der Waals surface area contributed by atoms with Crippen molar-refractivity contribution >= 4 is 38.4 Å². The quantitative estimate of drug-likeness (QED) is 0.272. The van der Waals surface area contributed by atoms with Crippen molar-refractivity contribution in [1.29, 1.82) is 0 Å². The second-order valence-corrected chi connectivity index (χ2v) is 7.78. The Morgan fingerprint density at radius 2 is 1.24 bits per heavy atom. The van der Waals surface area contributed by atoms with Gasteiger partial charge in [0.2, 0.25) is 0 Å². The maximum Gasteiger partial charge on any atom is -0.00260 e. The zero-order chi connectivity index (χ0) is 17.3. The molecule has 0 N–H and O–H groups in total. The van der Waals surface area contributed by atoms with E-state index in [0.29, 0.717) is 0 Å². The number of hydrogen-bond donors (Lipinski definition) is 0. The van der Waals surface area contributed by atoms with Crippen molar-refractivity contribution in [3.8, 4) is 0 Å². The summed E-state index contributed by atoms with van der Waals surface area (Å²) in [5.74, 6) is 0. The minimum absolute atomic E-state index is 1.02. The van der Waals surface area contributed by atoms with Crippen LogP contribution in [-0.4, -0.2) is 0 Å². The molecule has 0 radical (unpaired) electrons. The molecule has 0 aliphatic heterocycles. The van der Waals surface area contributed by atoms with Crippen LogP contribution in [0.1, 0.15) is 29.2 Å². The van der Waals surface area contributed by atoms with Gasteiger partial charge >= 0.3 is 0 Å². The van der Waals surface area contributed by atoms with Crippen molar-refractivity contribution in [2.75, 3.05) is 0 Å². The lowest BCUT2D eigenvalue weighted by Gasteiger charge is -2.16. The maximum absolute atomic E-state index is 2.39. The Morgan fingerprint density at radius 3 is 1.96 bits per heavy atom. The summed E-state index contributed by atoms with van der Waals surface area (Å²) < 4.78 is 0. The van der Waals surface area contributed by atoms with Gasteiger partial charge < -0.3 is 0 Å². The van der Waals surface area contributed by atoms with Crippen LogP contribution >= 0.6 is 0 Å². The van der Waals surface area contributed by atoms with Crippen LogP contribution in [0.2, 0.25) is 0 Å². The molecule has 0 heteroatoms. The summed E-state index contributed by atoms with van der Waals surface area (Å²) in [6.45, 7) is 8.87. The van der Waals surface area contributed by atoms with E-state index < -0.39 is 0 Å². The normalized spacial score (nSPS) is 14.0. The van der Waals surface area contributed by atoms with Crippen molar-refractivity contribution < 1.29 is 0 Å². The number of aryl methyl sites for hydroxylation is 3. The van der Waals surface area contributed by atoms with Crippen LogP contribution in [0.3, 0.4) is 0 Å². The lowest BCUT2D eigenvalue weighted by molar-refractivity contribution is 1.27. The fourth-order valence-corrected chi connectivity index (χ4v) is 4.64. The fraction of sp³-hybridized carbons (Fsp3) is 0.200. The first-order valence-corrected chi connectivity index (χ1v) is 9.09. The Bertz CT molecular complexity index is 1280. The fourth-order valence-electron chi connectivity index (χ4n) is 4.64. The topological polar surface area (TPSA) is 0 Å². The van der Waals surface area contributed by atoms with Crippen molar-refractivity contribution in [3.63, 3.8) is 0 Å². The Balaban J connectivity index is 2.23. The summed E-state index contributed by atoms with van der Waals surface area (Å²) in [5.41, 5.74) is 6.85. The SMILES string of the molecule is CC1=CCc2cc(C)cc3c2c(c2cc(C)cc4cc(C)cc3c42)=C1. The van der Waals surface area contributed by atoms with E-state index in [1.54, 1.807) is 0 Å². The lowest BCUT2D eigenvalue weighted by atomic mass is 9.88. The molecule has 5 rings (SSSR count). The van der Waals surface area contributed by atoms with Crippen molar-refractivity contribution in [2.45, 2.75) is 34.1 Å². The number of rotatable bonds is 0. The number of allylic oxidation sites excluding steroid dienone is 2. The summed E-state index contributed by atoms with van der Waals surface area (Å²) in [5, 5.41) is 9.85. The Kier molecular flexibility index (Phi) is 2.92. The van der Waals surface area contributed by atoms with Crippen LogP contribution in [0.15, 0.2) is 48.0 Å². The standard InChI is InChI=1S/C25H22/c1-14-5-6-18-7-15(2)11-21-23-13-17(4)9-19-8-16(3)12-22(25(19)23)20(10-14)24(18)21/h5,7-13H,6H2,1-4H3. The van der Waals surface area contributed by atoms with Crippen LogP contribution in [0, 0.1) is 20.8 Å². The van der Waals surface area contributed by atoms with E-state index in [-0.39, 0.29) is 0 Å². The molecule has 1 aliphatic rings. The van der Waals surface area contributed by atoms with E-state index in [2.05, 4.69) is 76.2 Å². The monoisotopic (exact) mass is 322 g/mol. The predicted octanol–water partition coefficient (Wildman–Crippen LogP) is 6.07. The Morgan fingerprint density at radius 1 is 0.640 bits per heavy atom. The molecule has 0 atom stereocenters. The zero-order valence-electron chi connectivity index (χ0n) is 15.3. The average molecular weight is 322 g/mol. The van der Waals surface area contributed by atoms with Gasteiger partial charge in [0.25, 0.3) is 0 Å². The van der Waals surface area contributed by atoms with Crippen LogP contribution in [-0.2, 0) is 6.42 Å². The number of fused-ring (bicyclic) bond motifs is 2. The van der Waals surface area contributed by atoms with Gasteiger partial charge in [-0.25, -0.2) is 0 Å². The van der Waals surface area contributed by atoms with Crippen LogP contribution in [0.5, 0.6) is 0 Å². The molecular weight excluding hydrogens is 300 g/mol. The van der Waals surface area contributed by atoms with Gasteiger partial charge in [0, 0.05) is 0 Å². The molecule has 0 amide bonds. The third kappa shape index (κ3) is 2.07. The summed E-state index contributed by atoms with van der Waals surface area (Å²) in [7, 11) is 0. The Labute approximate surface area is 148 Å². The van der Waals surface area contributed by atoms with E-state index in [0.717, 1.165) is 6.42 Å². The van der Waals surface area contributed by atoms with Crippen molar-refractivity contribution in [2.24, 2.45) is 0 Å². The molecule has 0 bridgehead atoms. The minimum Gasteiger partial charge on any atom is -0.0772 e. The first-order chi connectivity index (χ1) is 12.0. The van der Waals surface area contributed by atoms with Crippen LogP contribution in [0.25, 0.3) is 38.4 Å². The molecule has 122 valence electrons. The Hall–Kier alpha value is -2.60. The summed E-state index contributed by atoms with van der Waals surface area (Å²) in [6.07, 6.45) is 5.77. The van der Waals surface area contributed by atoms with Crippen molar-refractivity contribution in [1.82, 2.24) is 0 Å². The number of benzene rings is 4. The first kappa shape index (κ1) is 14.7. The van der Waals surface area contributed by atoms with E-state index in [4.69, 9.17) is 0 Å².